The zero-order valence-corrected chi connectivity index (χ0v) is 22.3. The average molecular weight is 520 g/mol. The summed E-state index contributed by atoms with van der Waals surface area (Å²) in [6, 6.07) is 6.55. The second-order valence-electron chi connectivity index (χ2n) is 11.4. The third kappa shape index (κ3) is 5.31. The lowest BCUT2D eigenvalue weighted by atomic mass is 9.70. The number of ether oxygens (including phenoxy) is 1. The molecule has 2 bridgehead atoms. The van der Waals surface area contributed by atoms with Crippen molar-refractivity contribution in [2.24, 2.45) is 16.7 Å². The van der Waals surface area contributed by atoms with Gasteiger partial charge in [0.1, 0.15) is 12.4 Å². The molecule has 1 aliphatic heterocycles. The van der Waals surface area contributed by atoms with Gasteiger partial charge in [-0.25, -0.2) is 13.2 Å². The largest absolute Gasteiger partial charge is 0.748 e. The number of ketones is 1. The lowest BCUT2D eigenvalue weighted by molar-refractivity contribution is -0.858. The molecule has 198 valence electrons. The van der Waals surface area contributed by atoms with E-state index in [1.54, 1.807) is 0 Å². The van der Waals surface area contributed by atoms with Crippen molar-refractivity contribution in [2.45, 2.75) is 52.0 Å². The molecule has 1 amide bonds. The zero-order valence-electron chi connectivity index (χ0n) is 21.5. The fourth-order valence-electron chi connectivity index (χ4n) is 6.17. The molecule has 3 fully saturated rings. The standard InChI is InChI=1S/C16H21N3O2.C10H16O4S/c1-19(2)6-5-12-9-17-15-4-3-11(8-14(12)15)7-13-10-21-16(20)18-13;1-9(2)7-3-4-10(9,8(11)5-7)6-15(12,13)14/h3-4,8-9,13,17H,5-7,10H2,1-2H3,(H,18,20);7H,3-6H2,1-2H3,(H,12,13,14)/t13-;7-,10-/m01/s1. The minimum atomic E-state index is -4.33. The van der Waals surface area contributed by atoms with Crippen molar-refractivity contribution in [3.8, 4) is 0 Å². The number of nitrogens with one attached hydrogen (secondary N) is 3. The number of carbonyl (C=O) groups is 2. The number of benzene rings is 1. The Labute approximate surface area is 212 Å². The molecule has 0 radical (unpaired) electrons. The van der Waals surface area contributed by atoms with Crippen molar-refractivity contribution < 1.29 is 32.2 Å². The molecular weight excluding hydrogens is 482 g/mol. The Morgan fingerprint density at radius 3 is 2.53 bits per heavy atom. The Hall–Kier alpha value is -2.43. The van der Waals surface area contributed by atoms with Crippen molar-refractivity contribution in [1.29, 1.82) is 0 Å². The van der Waals surface area contributed by atoms with Gasteiger partial charge in [-0.2, -0.15) is 0 Å². The molecule has 3 aliphatic rings. The smallest absolute Gasteiger partial charge is 0.407 e. The van der Waals surface area contributed by atoms with E-state index in [4.69, 9.17) is 4.74 Å². The van der Waals surface area contributed by atoms with Crippen LogP contribution in [0.1, 0.15) is 44.2 Å². The van der Waals surface area contributed by atoms with Gasteiger partial charge in [0, 0.05) is 35.4 Å². The lowest BCUT2D eigenvalue weighted by Gasteiger charge is -2.37. The number of aromatic amines is 1. The van der Waals surface area contributed by atoms with Crippen LogP contribution in [0.3, 0.4) is 0 Å². The molecule has 36 heavy (non-hydrogen) atoms. The topological polar surface area (TPSA) is 133 Å². The normalized spacial score (nSPS) is 26.7. The van der Waals surface area contributed by atoms with Crippen LogP contribution in [0.2, 0.25) is 0 Å². The van der Waals surface area contributed by atoms with Crippen LogP contribution in [0.25, 0.3) is 10.9 Å². The Kier molecular flexibility index (Phi) is 7.24. The predicted molar refractivity (Wildman–Crippen MR) is 135 cm³/mol. The van der Waals surface area contributed by atoms with Crippen molar-refractivity contribution >= 4 is 32.9 Å². The molecule has 3 N–H and O–H groups in total. The maximum Gasteiger partial charge on any atom is 0.407 e. The first-order valence-electron chi connectivity index (χ1n) is 12.6. The number of likely N-dealkylation sites (N-methyl/N-ethyl adjacent to an activating group) is 1. The van der Waals surface area contributed by atoms with Crippen LogP contribution in [-0.2, 0) is 32.5 Å². The first kappa shape index (κ1) is 26.6. The van der Waals surface area contributed by atoms with E-state index in [-0.39, 0.29) is 29.3 Å². The van der Waals surface area contributed by atoms with E-state index < -0.39 is 21.3 Å². The number of quaternary nitrogens is 1. The molecule has 9 nitrogen and oxygen atoms in total. The molecule has 3 atom stereocenters. The zero-order chi connectivity index (χ0) is 26.3. The monoisotopic (exact) mass is 519 g/mol. The van der Waals surface area contributed by atoms with Gasteiger partial charge in [-0.1, -0.05) is 19.9 Å². The number of aromatic nitrogens is 1. The van der Waals surface area contributed by atoms with Crippen molar-refractivity contribution in [2.75, 3.05) is 33.0 Å². The predicted octanol–water partition coefficient (Wildman–Crippen LogP) is 1.43. The van der Waals surface area contributed by atoms with E-state index in [0.29, 0.717) is 19.4 Å². The second kappa shape index (κ2) is 9.79. The molecule has 2 aliphatic carbocycles. The number of cyclic esters (lactones) is 1. The third-order valence-corrected chi connectivity index (χ3v) is 9.35. The number of fused-ring (bicyclic) bond motifs is 3. The number of H-pyrrole nitrogens is 1. The van der Waals surface area contributed by atoms with Gasteiger partial charge in [0.25, 0.3) is 0 Å². The first-order valence-corrected chi connectivity index (χ1v) is 14.2. The van der Waals surface area contributed by atoms with E-state index >= 15 is 0 Å². The van der Waals surface area contributed by atoms with Gasteiger partial charge >= 0.3 is 6.09 Å². The fraction of sp³-hybridized carbons (Fsp3) is 0.615. The summed E-state index contributed by atoms with van der Waals surface area (Å²) in [5.41, 5.74) is 2.55. The summed E-state index contributed by atoms with van der Waals surface area (Å²) in [4.78, 5) is 27.7. The number of hydrogen-bond donors (Lipinski definition) is 3. The number of alkyl carbamates (subject to hydrolysis) is 1. The van der Waals surface area contributed by atoms with Crippen LogP contribution in [-0.4, -0.2) is 68.9 Å². The Morgan fingerprint density at radius 1 is 1.22 bits per heavy atom. The van der Waals surface area contributed by atoms with Crippen LogP contribution in [0, 0.1) is 16.7 Å². The van der Waals surface area contributed by atoms with E-state index in [9.17, 15) is 22.6 Å². The summed E-state index contributed by atoms with van der Waals surface area (Å²) in [5, 5.41) is 4.12. The van der Waals surface area contributed by atoms with Crippen LogP contribution in [0.15, 0.2) is 24.4 Å². The highest BCUT2D eigenvalue weighted by Gasteiger charge is 2.64. The molecule has 1 aromatic carbocycles. The van der Waals surface area contributed by atoms with E-state index in [0.717, 1.165) is 25.8 Å². The Balaban J connectivity index is 0.000000179. The minimum Gasteiger partial charge on any atom is -0.748 e. The van der Waals surface area contributed by atoms with Gasteiger partial charge in [0.15, 0.2) is 0 Å². The summed E-state index contributed by atoms with van der Waals surface area (Å²) in [7, 11) is 0.0132. The van der Waals surface area contributed by atoms with Crippen molar-refractivity contribution in [1.82, 2.24) is 10.3 Å². The third-order valence-electron chi connectivity index (χ3n) is 8.51. The number of rotatable bonds is 7. The van der Waals surface area contributed by atoms with Crippen molar-refractivity contribution in [3.05, 3.63) is 35.5 Å². The van der Waals surface area contributed by atoms with Gasteiger partial charge in [0.2, 0.25) is 0 Å². The SMILES string of the molecule is CC1(C)[C@@H]2CC[C@@]1(CS(=O)(=O)[O-])C(=O)C2.C[NH+](C)CCc1c[nH]c2ccc(C[C@H]3COC(=O)N3)cc12. The Bertz CT molecular complexity index is 1250. The van der Waals surface area contributed by atoms with E-state index in [1.807, 2.05) is 13.8 Å². The van der Waals surface area contributed by atoms with Crippen LogP contribution < -0.4 is 10.2 Å². The van der Waals surface area contributed by atoms with Gasteiger partial charge in [0.05, 0.1) is 42.6 Å². The first-order chi connectivity index (χ1) is 16.8. The highest BCUT2D eigenvalue weighted by molar-refractivity contribution is 7.85. The average Bonchev–Trinajstić information content (AvgIpc) is 3.47. The van der Waals surface area contributed by atoms with E-state index in [1.165, 1.54) is 26.9 Å². The molecule has 10 heteroatoms. The van der Waals surface area contributed by atoms with Crippen LogP contribution >= 0.6 is 0 Å². The minimum absolute atomic E-state index is 0.0248. The molecule has 2 heterocycles. The summed E-state index contributed by atoms with van der Waals surface area (Å²) in [5.74, 6) is -0.280. The van der Waals surface area contributed by atoms with Crippen LogP contribution in [0.4, 0.5) is 4.79 Å². The summed E-state index contributed by atoms with van der Waals surface area (Å²) in [6.45, 7) is 5.41. The quantitative estimate of drug-likeness (QED) is 0.474. The molecule has 2 saturated carbocycles. The summed E-state index contributed by atoms with van der Waals surface area (Å²) < 4.78 is 37.6. The highest BCUT2D eigenvalue weighted by atomic mass is 32.2. The molecule has 1 saturated heterocycles. The van der Waals surface area contributed by atoms with Crippen LogP contribution in [0.5, 0.6) is 0 Å². The number of Topliss-reactive ketones (excluding diaryl/α,β-unsaturated/α-hetero) is 1. The molecule has 2 aromatic rings. The molecule has 5 rings (SSSR count). The Morgan fingerprint density at radius 2 is 1.97 bits per heavy atom. The lowest BCUT2D eigenvalue weighted by Crippen LogP contribution is -3.05. The number of amides is 1. The van der Waals surface area contributed by atoms with E-state index in [2.05, 4.69) is 48.8 Å². The van der Waals surface area contributed by atoms with Gasteiger partial charge < -0.3 is 24.5 Å². The summed E-state index contributed by atoms with van der Waals surface area (Å²) in [6.07, 6.45) is 5.55. The fourth-order valence-corrected chi connectivity index (χ4v) is 7.46. The van der Waals surface area contributed by atoms with Gasteiger partial charge in [-0.3, -0.25) is 4.79 Å². The number of hydrogen-bond acceptors (Lipinski definition) is 6. The highest BCUT2D eigenvalue weighted by Crippen LogP contribution is 2.64. The molecule has 0 unspecified atom stereocenters. The second-order valence-corrected chi connectivity index (χ2v) is 12.8. The van der Waals surface area contributed by atoms with Gasteiger partial charge in [-0.15, -0.1) is 0 Å². The molecular formula is C26H37N3O6S. The summed E-state index contributed by atoms with van der Waals surface area (Å²) >= 11 is 0. The maximum atomic E-state index is 11.8. The molecule has 1 aromatic heterocycles. The molecule has 0 spiro atoms. The van der Waals surface area contributed by atoms with Gasteiger partial charge in [-0.05, 0) is 53.9 Å². The number of carbonyl (C=O) groups excluding carboxylic acids is 2. The maximum absolute atomic E-state index is 11.8. The van der Waals surface area contributed by atoms with Crippen molar-refractivity contribution in [3.63, 3.8) is 0 Å².